The third-order valence-electron chi connectivity index (χ3n) is 3.66. The van der Waals surface area contributed by atoms with Gasteiger partial charge in [-0.25, -0.2) is 4.79 Å². The molecule has 0 bridgehead atoms. The Balaban J connectivity index is 1.98. The van der Waals surface area contributed by atoms with Crippen LogP contribution in [0.5, 0.6) is 0 Å². The third-order valence-corrected chi connectivity index (χ3v) is 3.66. The number of urea groups is 1. The van der Waals surface area contributed by atoms with Gasteiger partial charge in [-0.1, -0.05) is 6.07 Å². The molecule has 1 aliphatic rings. The molecule has 7 nitrogen and oxygen atoms in total. The summed E-state index contributed by atoms with van der Waals surface area (Å²) in [7, 11) is 1.58. The van der Waals surface area contributed by atoms with Crippen molar-refractivity contribution in [2.24, 2.45) is 5.92 Å². The minimum Gasteiger partial charge on any atom is -0.481 e. The molecule has 0 aromatic carbocycles. The summed E-state index contributed by atoms with van der Waals surface area (Å²) in [5.41, 5.74) is 0.747. The fourth-order valence-electron chi connectivity index (χ4n) is 2.30. The second-order valence-electron chi connectivity index (χ2n) is 5.09. The first-order chi connectivity index (χ1) is 10.0. The Morgan fingerprint density at radius 1 is 1.48 bits per heavy atom. The molecular weight excluding hydrogens is 274 g/mol. The smallest absolute Gasteiger partial charge is 0.318 e. The largest absolute Gasteiger partial charge is 0.481 e. The number of hydrogen-bond donors (Lipinski definition) is 2. The fraction of sp³-hybridized carbons (Fsp3) is 0.500. The van der Waals surface area contributed by atoms with Crippen LogP contribution in [0.2, 0.25) is 0 Å². The molecule has 0 spiro atoms. The van der Waals surface area contributed by atoms with Gasteiger partial charge in [0.15, 0.2) is 0 Å². The van der Waals surface area contributed by atoms with Crippen molar-refractivity contribution in [1.29, 1.82) is 0 Å². The summed E-state index contributed by atoms with van der Waals surface area (Å²) >= 11 is 0. The predicted molar refractivity (Wildman–Crippen MR) is 74.7 cm³/mol. The zero-order chi connectivity index (χ0) is 15.4. The fourth-order valence-corrected chi connectivity index (χ4v) is 2.30. The molecule has 2 heterocycles. The van der Waals surface area contributed by atoms with Gasteiger partial charge in [0.2, 0.25) is 0 Å². The molecule has 3 atom stereocenters. The number of carboxylic acids is 1. The zero-order valence-corrected chi connectivity index (χ0v) is 12.0. The van der Waals surface area contributed by atoms with Gasteiger partial charge < -0.3 is 20.1 Å². The maximum Gasteiger partial charge on any atom is 0.318 e. The maximum atomic E-state index is 12.2. The predicted octanol–water partition coefficient (Wildman–Crippen LogP) is 0.884. The van der Waals surface area contributed by atoms with Crippen molar-refractivity contribution in [1.82, 2.24) is 15.2 Å². The summed E-state index contributed by atoms with van der Waals surface area (Å²) < 4.78 is 5.18. The Labute approximate surface area is 122 Å². The number of likely N-dealkylation sites (N-methyl/N-ethyl adjacent to an activating group) is 1. The van der Waals surface area contributed by atoms with Crippen LogP contribution < -0.4 is 5.32 Å². The van der Waals surface area contributed by atoms with E-state index >= 15 is 0 Å². The van der Waals surface area contributed by atoms with Gasteiger partial charge in [0.1, 0.15) is 5.92 Å². The number of aromatic nitrogens is 1. The molecule has 2 rings (SSSR count). The lowest BCUT2D eigenvalue weighted by molar-refractivity contribution is -0.142. The average molecular weight is 293 g/mol. The Morgan fingerprint density at radius 2 is 2.24 bits per heavy atom. The summed E-state index contributed by atoms with van der Waals surface area (Å²) in [4.78, 5) is 28.9. The van der Waals surface area contributed by atoms with Gasteiger partial charge in [0, 0.05) is 13.2 Å². The lowest BCUT2D eigenvalue weighted by Gasteiger charge is -2.28. The molecule has 21 heavy (non-hydrogen) atoms. The Kier molecular flexibility index (Phi) is 4.74. The minimum absolute atomic E-state index is 0.132. The van der Waals surface area contributed by atoms with Gasteiger partial charge in [0.05, 0.1) is 31.0 Å². The first-order valence-corrected chi connectivity index (χ1v) is 6.75. The second-order valence-corrected chi connectivity index (χ2v) is 5.09. The van der Waals surface area contributed by atoms with Gasteiger partial charge >= 0.3 is 12.0 Å². The van der Waals surface area contributed by atoms with E-state index in [2.05, 4.69) is 10.3 Å². The van der Waals surface area contributed by atoms with Crippen molar-refractivity contribution < 1.29 is 19.4 Å². The van der Waals surface area contributed by atoms with Gasteiger partial charge in [-0.05, 0) is 19.1 Å². The quantitative estimate of drug-likeness (QED) is 0.860. The molecule has 1 aliphatic heterocycles. The van der Waals surface area contributed by atoms with Crippen molar-refractivity contribution in [3.63, 3.8) is 0 Å². The summed E-state index contributed by atoms with van der Waals surface area (Å²) in [6.07, 6.45) is 1.66. The Bertz CT molecular complexity index is 508. The molecule has 3 unspecified atom stereocenters. The summed E-state index contributed by atoms with van der Waals surface area (Å²) in [6.45, 7) is 2.19. The number of nitrogens with one attached hydrogen (secondary N) is 1. The Morgan fingerprint density at radius 3 is 2.86 bits per heavy atom. The van der Waals surface area contributed by atoms with Crippen LogP contribution >= 0.6 is 0 Å². The lowest BCUT2D eigenvalue weighted by Crippen LogP contribution is -2.48. The van der Waals surface area contributed by atoms with Gasteiger partial charge in [-0.15, -0.1) is 0 Å². The molecule has 1 aromatic rings. The van der Waals surface area contributed by atoms with Crippen LogP contribution in [0.15, 0.2) is 24.4 Å². The lowest BCUT2D eigenvalue weighted by atomic mass is 10.0. The molecule has 2 amide bonds. The molecular formula is C14H19N3O4. The van der Waals surface area contributed by atoms with E-state index < -0.39 is 17.9 Å². The van der Waals surface area contributed by atoms with E-state index in [1.165, 1.54) is 4.90 Å². The number of rotatable bonds is 4. The average Bonchev–Trinajstić information content (AvgIpc) is 2.96. The normalized spacial score (nSPS) is 22.6. The third kappa shape index (κ3) is 3.49. The van der Waals surface area contributed by atoms with Crippen LogP contribution in [0.3, 0.4) is 0 Å². The van der Waals surface area contributed by atoms with Crippen LogP contribution in [0, 0.1) is 5.92 Å². The van der Waals surface area contributed by atoms with E-state index in [0.717, 1.165) is 5.69 Å². The molecule has 7 heteroatoms. The molecule has 0 aliphatic carbocycles. The van der Waals surface area contributed by atoms with Gasteiger partial charge in [-0.2, -0.15) is 0 Å². The number of aliphatic carboxylic acids is 1. The summed E-state index contributed by atoms with van der Waals surface area (Å²) in [5.74, 6) is -1.64. The number of ether oxygens (including phenoxy) is 1. The first kappa shape index (κ1) is 15.2. The topological polar surface area (TPSA) is 91.8 Å². The van der Waals surface area contributed by atoms with Crippen LogP contribution in [0.25, 0.3) is 0 Å². The van der Waals surface area contributed by atoms with E-state index in [4.69, 9.17) is 9.84 Å². The standard InChI is InChI=1S/C14H19N3O4/c1-9(11-5-3-4-6-15-11)16-14(20)17(2)12-8-21-7-10(12)13(18)19/h3-6,9-10,12H,7-8H2,1-2H3,(H,16,20)(H,18,19). The monoisotopic (exact) mass is 293 g/mol. The molecule has 2 N–H and O–H groups in total. The van der Waals surface area contributed by atoms with Gasteiger partial charge in [0.25, 0.3) is 0 Å². The SMILES string of the molecule is CC(NC(=O)N(C)C1COCC1C(=O)O)c1ccccn1. The summed E-state index contributed by atoms with van der Waals surface area (Å²) in [6, 6.07) is 4.42. The second kappa shape index (κ2) is 6.53. The van der Waals surface area contributed by atoms with E-state index in [9.17, 15) is 9.59 Å². The van der Waals surface area contributed by atoms with E-state index in [0.29, 0.717) is 0 Å². The summed E-state index contributed by atoms with van der Waals surface area (Å²) in [5, 5.41) is 11.9. The molecule has 1 aromatic heterocycles. The van der Waals surface area contributed by atoms with Crippen LogP contribution in [-0.4, -0.2) is 53.3 Å². The first-order valence-electron chi connectivity index (χ1n) is 6.75. The van der Waals surface area contributed by atoms with Crippen molar-refractivity contribution >= 4 is 12.0 Å². The molecule has 1 fully saturated rings. The maximum absolute atomic E-state index is 12.2. The van der Waals surface area contributed by atoms with E-state index in [1.54, 1.807) is 19.3 Å². The molecule has 0 saturated carbocycles. The Hall–Kier alpha value is -2.15. The molecule has 114 valence electrons. The van der Waals surface area contributed by atoms with Crippen molar-refractivity contribution in [3.05, 3.63) is 30.1 Å². The number of pyridine rings is 1. The number of carboxylic acid groups (broad SMARTS) is 1. The molecule has 0 radical (unpaired) electrons. The van der Waals surface area contributed by atoms with Crippen LogP contribution in [0.4, 0.5) is 4.79 Å². The van der Waals surface area contributed by atoms with E-state index in [-0.39, 0.29) is 25.3 Å². The number of carbonyl (C=O) groups is 2. The van der Waals surface area contributed by atoms with E-state index in [1.807, 2.05) is 19.1 Å². The zero-order valence-electron chi connectivity index (χ0n) is 12.0. The highest BCUT2D eigenvalue weighted by molar-refractivity contribution is 5.77. The van der Waals surface area contributed by atoms with Crippen molar-refractivity contribution in [3.8, 4) is 0 Å². The van der Waals surface area contributed by atoms with Crippen LogP contribution in [0.1, 0.15) is 18.7 Å². The van der Waals surface area contributed by atoms with Crippen molar-refractivity contribution in [2.75, 3.05) is 20.3 Å². The van der Waals surface area contributed by atoms with Gasteiger partial charge in [-0.3, -0.25) is 9.78 Å². The highest BCUT2D eigenvalue weighted by Crippen LogP contribution is 2.19. The highest BCUT2D eigenvalue weighted by Gasteiger charge is 2.38. The number of amides is 2. The van der Waals surface area contributed by atoms with Crippen LogP contribution in [-0.2, 0) is 9.53 Å². The minimum atomic E-state index is -0.949. The molecule has 1 saturated heterocycles. The number of nitrogens with zero attached hydrogens (tertiary/aromatic N) is 2. The van der Waals surface area contributed by atoms with Crippen molar-refractivity contribution in [2.45, 2.75) is 19.0 Å². The number of hydrogen-bond acceptors (Lipinski definition) is 4. The highest BCUT2D eigenvalue weighted by atomic mass is 16.5. The number of carbonyl (C=O) groups excluding carboxylic acids is 1.